The van der Waals surface area contributed by atoms with Gasteiger partial charge in [0, 0.05) is 5.39 Å². The van der Waals surface area contributed by atoms with Crippen molar-refractivity contribution in [1.29, 1.82) is 0 Å². The average Bonchev–Trinajstić information content (AvgIpc) is 2.18. The van der Waals surface area contributed by atoms with E-state index in [2.05, 4.69) is 17.1 Å². The molecule has 0 bridgehead atoms. The lowest BCUT2D eigenvalue weighted by atomic mass is 10.2. The summed E-state index contributed by atoms with van der Waals surface area (Å²) < 4.78 is 0. The third-order valence-corrected chi connectivity index (χ3v) is 2.73. The van der Waals surface area contributed by atoms with Gasteiger partial charge in [-0.05, 0) is 12.1 Å². The summed E-state index contributed by atoms with van der Waals surface area (Å²) in [5, 5.41) is 2.70. The van der Waals surface area contributed by atoms with Gasteiger partial charge in [-0.1, -0.05) is 36.0 Å². The number of fused-ring (bicyclic) bond motifs is 1. The summed E-state index contributed by atoms with van der Waals surface area (Å²) in [4.78, 5) is 4.44. The first-order chi connectivity index (χ1) is 6.40. The van der Waals surface area contributed by atoms with Crippen molar-refractivity contribution in [3.05, 3.63) is 36.4 Å². The van der Waals surface area contributed by atoms with Crippen LogP contribution in [-0.2, 0) is 0 Å². The summed E-state index contributed by atoms with van der Waals surface area (Å²) in [7, 11) is 0. The van der Waals surface area contributed by atoms with Crippen LogP contribution in [0.3, 0.4) is 0 Å². The molecule has 0 aliphatic heterocycles. The normalized spacial score (nSPS) is 10.5. The molecular formula is C10H8ClNS. The van der Waals surface area contributed by atoms with Gasteiger partial charge in [0.1, 0.15) is 0 Å². The lowest BCUT2D eigenvalue weighted by Crippen LogP contribution is -1.81. The zero-order valence-electron chi connectivity index (χ0n) is 6.90. The van der Waals surface area contributed by atoms with Crippen molar-refractivity contribution >= 4 is 34.3 Å². The molecule has 0 N–H and O–H groups in total. The molecule has 0 radical (unpaired) electrons. The molecule has 0 saturated carbocycles. The number of nitrogens with zero attached hydrogens (tertiary/aromatic N) is 1. The Labute approximate surface area is 86.1 Å². The highest BCUT2D eigenvalue weighted by Crippen LogP contribution is 2.20. The maximum Gasteiger partial charge on any atom is 0.0979 e. The molecule has 2 rings (SSSR count). The molecule has 2 aromatic rings. The molecule has 1 heterocycles. The van der Waals surface area contributed by atoms with Gasteiger partial charge in [0.05, 0.1) is 15.8 Å². The van der Waals surface area contributed by atoms with E-state index in [-0.39, 0.29) is 0 Å². The number of benzene rings is 1. The van der Waals surface area contributed by atoms with Crippen LogP contribution in [0.4, 0.5) is 0 Å². The fourth-order valence-electron chi connectivity index (χ4n) is 1.18. The summed E-state index contributed by atoms with van der Waals surface area (Å²) in [6.45, 7) is 0. The van der Waals surface area contributed by atoms with Crippen LogP contribution in [-0.4, -0.2) is 10.2 Å². The van der Waals surface area contributed by atoms with Crippen molar-refractivity contribution < 1.29 is 0 Å². The summed E-state index contributed by atoms with van der Waals surface area (Å²) in [6.07, 6.45) is 0. The summed E-state index contributed by atoms with van der Waals surface area (Å²) in [5.74, 6) is 0. The largest absolute Gasteiger partial charge is 0.241 e. The van der Waals surface area contributed by atoms with Crippen molar-refractivity contribution in [2.45, 2.75) is 5.03 Å². The Hall–Kier alpha value is -0.730. The van der Waals surface area contributed by atoms with Crippen LogP contribution in [0.15, 0.2) is 41.4 Å². The van der Waals surface area contributed by atoms with E-state index in [9.17, 15) is 0 Å². The zero-order chi connectivity index (χ0) is 9.10. The van der Waals surface area contributed by atoms with Gasteiger partial charge >= 0.3 is 0 Å². The van der Waals surface area contributed by atoms with Gasteiger partial charge in [-0.15, -0.1) is 11.6 Å². The number of alkyl halides is 1. The Morgan fingerprint density at radius 3 is 2.85 bits per heavy atom. The van der Waals surface area contributed by atoms with Gasteiger partial charge < -0.3 is 0 Å². The van der Waals surface area contributed by atoms with Crippen molar-refractivity contribution in [2.75, 3.05) is 5.21 Å². The number of para-hydroxylation sites is 1. The van der Waals surface area contributed by atoms with Crippen molar-refractivity contribution in [1.82, 2.24) is 4.98 Å². The Balaban J connectivity index is 2.49. The minimum absolute atomic E-state index is 0.547. The molecule has 66 valence electrons. The summed E-state index contributed by atoms with van der Waals surface area (Å²) in [6, 6.07) is 12.1. The highest BCUT2D eigenvalue weighted by Gasteiger charge is 1.96. The molecular weight excluding hydrogens is 202 g/mol. The predicted octanol–water partition coefficient (Wildman–Crippen LogP) is 3.52. The fourth-order valence-corrected chi connectivity index (χ4v) is 1.96. The van der Waals surface area contributed by atoms with Crippen LogP contribution < -0.4 is 0 Å². The van der Waals surface area contributed by atoms with E-state index >= 15 is 0 Å². The monoisotopic (exact) mass is 209 g/mol. The van der Waals surface area contributed by atoms with Gasteiger partial charge in [-0.25, -0.2) is 4.98 Å². The van der Waals surface area contributed by atoms with Crippen LogP contribution >= 0.6 is 23.4 Å². The second-order valence-electron chi connectivity index (χ2n) is 2.60. The van der Waals surface area contributed by atoms with Gasteiger partial charge in [-0.3, -0.25) is 0 Å². The minimum Gasteiger partial charge on any atom is -0.241 e. The molecule has 3 heteroatoms. The Bertz CT molecular complexity index is 416. The first-order valence-electron chi connectivity index (χ1n) is 3.95. The molecule has 0 aliphatic rings. The van der Waals surface area contributed by atoms with E-state index in [0.717, 1.165) is 10.5 Å². The minimum atomic E-state index is 0.547. The zero-order valence-corrected chi connectivity index (χ0v) is 8.48. The van der Waals surface area contributed by atoms with E-state index in [1.54, 1.807) is 11.8 Å². The molecule has 1 nitrogen and oxygen atoms in total. The van der Waals surface area contributed by atoms with E-state index in [0.29, 0.717) is 5.21 Å². The number of halogens is 1. The molecule has 0 atom stereocenters. The lowest BCUT2D eigenvalue weighted by molar-refractivity contribution is 1.19. The van der Waals surface area contributed by atoms with Crippen LogP contribution in [0.2, 0.25) is 0 Å². The second-order valence-corrected chi connectivity index (χ2v) is 4.18. The van der Waals surface area contributed by atoms with Gasteiger partial charge in [0.25, 0.3) is 0 Å². The fraction of sp³-hybridized carbons (Fsp3) is 0.100. The highest BCUT2D eigenvalue weighted by molar-refractivity contribution is 8.00. The third-order valence-electron chi connectivity index (χ3n) is 1.78. The van der Waals surface area contributed by atoms with E-state index < -0.39 is 0 Å². The number of pyridine rings is 1. The van der Waals surface area contributed by atoms with Crippen molar-refractivity contribution in [3.63, 3.8) is 0 Å². The lowest BCUT2D eigenvalue weighted by Gasteiger charge is -1.99. The molecule has 0 spiro atoms. The number of hydrogen-bond donors (Lipinski definition) is 0. The first-order valence-corrected chi connectivity index (χ1v) is 5.47. The topological polar surface area (TPSA) is 12.9 Å². The van der Waals surface area contributed by atoms with Crippen molar-refractivity contribution in [3.8, 4) is 0 Å². The number of aromatic nitrogens is 1. The SMILES string of the molecule is ClCSc1ccc2ccccc2n1. The standard InChI is InChI=1S/C10H8ClNS/c11-7-13-10-6-5-8-3-1-2-4-9(8)12-10/h1-6H,7H2. The molecule has 0 saturated heterocycles. The van der Waals surface area contributed by atoms with Crippen LogP contribution in [0, 0.1) is 0 Å². The molecule has 1 aromatic heterocycles. The average molecular weight is 210 g/mol. The van der Waals surface area contributed by atoms with Gasteiger partial charge in [0.2, 0.25) is 0 Å². The smallest absolute Gasteiger partial charge is 0.0979 e. The van der Waals surface area contributed by atoms with Crippen LogP contribution in [0.5, 0.6) is 0 Å². The highest BCUT2D eigenvalue weighted by atomic mass is 35.5. The molecule has 1 aromatic carbocycles. The molecule has 0 aliphatic carbocycles. The summed E-state index contributed by atoms with van der Waals surface area (Å²) >= 11 is 7.15. The molecule has 0 amide bonds. The van der Waals surface area contributed by atoms with E-state index in [4.69, 9.17) is 11.6 Å². The maximum absolute atomic E-state index is 5.61. The Morgan fingerprint density at radius 2 is 2.00 bits per heavy atom. The first kappa shape index (κ1) is 8.85. The van der Waals surface area contributed by atoms with Crippen LogP contribution in [0.1, 0.15) is 0 Å². The predicted molar refractivity (Wildman–Crippen MR) is 58.3 cm³/mol. The second kappa shape index (κ2) is 3.99. The van der Waals surface area contributed by atoms with Gasteiger partial charge in [0.15, 0.2) is 0 Å². The van der Waals surface area contributed by atoms with E-state index in [1.165, 1.54) is 5.39 Å². The molecule has 0 unspecified atom stereocenters. The number of rotatable bonds is 2. The van der Waals surface area contributed by atoms with E-state index in [1.807, 2.05) is 24.3 Å². The molecule has 0 fully saturated rings. The van der Waals surface area contributed by atoms with Crippen LogP contribution in [0.25, 0.3) is 10.9 Å². The summed E-state index contributed by atoms with van der Waals surface area (Å²) in [5.41, 5.74) is 1.03. The van der Waals surface area contributed by atoms with Crippen molar-refractivity contribution in [2.24, 2.45) is 0 Å². The maximum atomic E-state index is 5.61. The Morgan fingerprint density at radius 1 is 1.15 bits per heavy atom. The third kappa shape index (κ3) is 1.95. The number of hydrogen-bond acceptors (Lipinski definition) is 2. The quantitative estimate of drug-likeness (QED) is 0.555. The van der Waals surface area contributed by atoms with Gasteiger partial charge in [-0.2, -0.15) is 0 Å². The molecule has 13 heavy (non-hydrogen) atoms. The Kier molecular flexibility index (Phi) is 2.71. The number of thioether (sulfide) groups is 1.